The summed E-state index contributed by atoms with van der Waals surface area (Å²) in [6.45, 7) is -18.3. The standard InChI is InChI=1S/C41H40F5N3O3S/c1-27-6-15-34-36(22-27)49(39(23-37(34)50)53-26-31-4-3-5-35(42)40(31)43)25-38(51)48(33-16-18-47(19-17-33)20-21-52-2)24-28-7-9-29(10-8-28)30-11-13-32(14-12-30)41(44,45)46/h3-15,22-23,33H,16-21,24-26H2,1-2H3/i6D,15D,16D2,17D2,18D2,19D2,20D2,21D2,22D,23D,26D2,33D. The third-order valence-electron chi connectivity index (χ3n) is 7.63. The monoisotopic (exact) mass is 768 g/mol. The summed E-state index contributed by atoms with van der Waals surface area (Å²) in [6, 6.07) is 2.91. The average Bonchev–Trinajstić information content (AvgIpc) is 3.28. The Morgan fingerprint density at radius 1 is 1.04 bits per heavy atom. The Kier molecular flexibility index (Phi) is 6.54. The van der Waals surface area contributed by atoms with Gasteiger partial charge >= 0.3 is 6.18 Å². The van der Waals surface area contributed by atoms with Crippen LogP contribution in [0.4, 0.5) is 22.0 Å². The van der Waals surface area contributed by atoms with E-state index in [-0.39, 0.29) is 38.9 Å². The summed E-state index contributed by atoms with van der Waals surface area (Å²) in [4.78, 5) is 28.6. The molecule has 1 aliphatic heterocycles. The first kappa shape index (κ1) is 20.8. The van der Waals surface area contributed by atoms with E-state index in [0.717, 1.165) is 55.5 Å². The lowest BCUT2D eigenvalue weighted by molar-refractivity contribution is -0.137. The highest BCUT2D eigenvalue weighted by Gasteiger charge is 2.31. The van der Waals surface area contributed by atoms with Gasteiger partial charge in [0.1, 0.15) is 6.54 Å². The molecule has 1 aliphatic rings. The molecule has 1 saturated heterocycles. The quantitative estimate of drug-likeness (QED) is 0.0940. The Hall–Kier alpha value is -4.52. The van der Waals surface area contributed by atoms with Crippen LogP contribution < -0.4 is 5.43 Å². The summed E-state index contributed by atoms with van der Waals surface area (Å²) in [5.41, 5.74) is -7.58. The third-order valence-corrected chi connectivity index (χ3v) is 8.46. The Morgan fingerprint density at radius 2 is 1.72 bits per heavy atom. The number of aromatic nitrogens is 1. The van der Waals surface area contributed by atoms with Crippen LogP contribution in [0.5, 0.6) is 0 Å². The number of nitrogens with zero attached hydrogens (tertiary/aromatic N) is 3. The molecule has 5 aromatic rings. The van der Waals surface area contributed by atoms with Gasteiger partial charge in [-0.05, 0) is 72.2 Å². The molecule has 0 spiro atoms. The van der Waals surface area contributed by atoms with Crippen molar-refractivity contribution in [2.24, 2.45) is 0 Å². The van der Waals surface area contributed by atoms with E-state index in [1.807, 2.05) is 0 Å². The number of fused-ring (bicyclic) bond motifs is 1. The number of hydrogen-bond acceptors (Lipinski definition) is 5. The number of rotatable bonds is 12. The van der Waals surface area contributed by atoms with E-state index in [4.69, 9.17) is 19.2 Å². The van der Waals surface area contributed by atoms with Gasteiger partial charge in [0, 0.05) is 78.3 Å². The number of carbonyl (C=O) groups excluding carboxylic acids is 1. The highest BCUT2D eigenvalue weighted by molar-refractivity contribution is 7.98. The molecule has 0 saturated carbocycles. The largest absolute Gasteiger partial charge is 0.416 e. The Morgan fingerprint density at radius 3 is 2.38 bits per heavy atom. The Bertz CT molecular complexity index is 3010. The van der Waals surface area contributed by atoms with Gasteiger partial charge in [-0.3, -0.25) is 9.59 Å². The number of ether oxygens (including phenoxy) is 1. The summed E-state index contributed by atoms with van der Waals surface area (Å²) in [6.07, 6.45) is -13.5. The molecule has 2 heterocycles. The van der Waals surface area contributed by atoms with Crippen molar-refractivity contribution < 1.29 is 57.5 Å². The molecule has 0 unspecified atom stereocenters. The summed E-state index contributed by atoms with van der Waals surface area (Å²) in [5.74, 6) is -5.06. The third kappa shape index (κ3) is 9.17. The van der Waals surface area contributed by atoms with Crippen molar-refractivity contribution in [2.75, 3.05) is 33.2 Å². The number of hydrogen-bond donors (Lipinski definition) is 0. The predicted octanol–water partition coefficient (Wildman–Crippen LogP) is 8.71. The lowest BCUT2D eigenvalue weighted by Gasteiger charge is -2.39. The molecule has 53 heavy (non-hydrogen) atoms. The molecule has 1 aromatic heterocycles. The lowest BCUT2D eigenvalue weighted by Crippen LogP contribution is -2.48. The van der Waals surface area contributed by atoms with E-state index in [0.29, 0.717) is 17.7 Å². The average molecular weight is 769 g/mol. The lowest BCUT2D eigenvalue weighted by atomic mass is 10.00. The highest BCUT2D eigenvalue weighted by atomic mass is 32.2. The molecular formula is C41H40F5N3O3S. The molecule has 4 aromatic carbocycles. The maximum atomic E-state index is 15.4. The zero-order valence-electron chi connectivity index (χ0n) is 46.6. The summed E-state index contributed by atoms with van der Waals surface area (Å²) in [7, 11) is 0.586. The van der Waals surface area contributed by atoms with Crippen LogP contribution in [-0.4, -0.2) is 59.5 Å². The minimum Gasteiger partial charge on any atom is -0.383 e. The van der Waals surface area contributed by atoms with E-state index in [1.54, 1.807) is 0 Å². The van der Waals surface area contributed by atoms with Crippen LogP contribution in [0.25, 0.3) is 22.0 Å². The minimum absolute atomic E-state index is 0.0481. The molecule has 0 bridgehead atoms. The first-order valence-corrected chi connectivity index (χ1v) is 16.2. The number of carbonyl (C=O) groups is 1. The smallest absolute Gasteiger partial charge is 0.383 e. The summed E-state index contributed by atoms with van der Waals surface area (Å²) < 4.78 is 243. The van der Waals surface area contributed by atoms with Gasteiger partial charge < -0.3 is 19.1 Å². The van der Waals surface area contributed by atoms with E-state index < -0.39 is 149 Å². The predicted molar refractivity (Wildman–Crippen MR) is 198 cm³/mol. The number of amides is 1. The molecule has 12 heteroatoms. The fraction of sp³-hybridized carbons (Fsp3) is 0.317. The van der Waals surface area contributed by atoms with Crippen LogP contribution >= 0.6 is 11.8 Å². The van der Waals surface area contributed by atoms with E-state index in [2.05, 4.69) is 4.74 Å². The number of alkyl halides is 3. The van der Waals surface area contributed by atoms with Gasteiger partial charge in [0.05, 0.1) is 32.3 Å². The molecular weight excluding hydrogens is 710 g/mol. The molecule has 1 amide bonds. The minimum atomic E-state index is -4.69. The number of piperidine rings is 1. The van der Waals surface area contributed by atoms with E-state index in [1.165, 1.54) is 12.1 Å². The van der Waals surface area contributed by atoms with Gasteiger partial charge in [-0.15, -0.1) is 11.8 Å². The second-order valence-corrected chi connectivity index (χ2v) is 12.0. The zero-order valence-corrected chi connectivity index (χ0v) is 28.4. The first-order valence-electron chi connectivity index (χ1n) is 24.9. The molecule has 6 nitrogen and oxygen atoms in total. The Labute approximate surface area is 335 Å². The molecule has 0 aliphatic carbocycles. The van der Waals surface area contributed by atoms with Crippen LogP contribution in [0, 0.1) is 18.6 Å². The summed E-state index contributed by atoms with van der Waals surface area (Å²) in [5, 5.41) is -1.89. The van der Waals surface area contributed by atoms with Crippen LogP contribution in [0.1, 0.15) is 61.0 Å². The molecule has 0 radical (unpaired) electrons. The number of methoxy groups -OCH3 is 1. The first-order chi connectivity index (χ1) is 32.7. The van der Waals surface area contributed by atoms with Crippen molar-refractivity contribution in [3.8, 4) is 11.1 Å². The topological polar surface area (TPSA) is 54.8 Å². The maximum absolute atomic E-state index is 15.4. The second-order valence-electron chi connectivity index (χ2n) is 11.2. The number of benzene rings is 4. The molecule has 1 fully saturated rings. The summed E-state index contributed by atoms with van der Waals surface area (Å²) >= 11 is -0.204. The van der Waals surface area contributed by atoms with Crippen molar-refractivity contribution in [1.82, 2.24) is 14.4 Å². The fourth-order valence-corrected chi connectivity index (χ4v) is 5.78. The van der Waals surface area contributed by atoms with Gasteiger partial charge in [0.2, 0.25) is 5.91 Å². The number of likely N-dealkylation sites (tertiary alicyclic amines) is 1. The zero-order chi connectivity index (χ0) is 54.7. The van der Waals surface area contributed by atoms with Gasteiger partial charge in [-0.1, -0.05) is 54.6 Å². The van der Waals surface area contributed by atoms with Crippen molar-refractivity contribution in [3.63, 3.8) is 0 Å². The number of pyridine rings is 1. The maximum Gasteiger partial charge on any atom is 0.416 e. The van der Waals surface area contributed by atoms with Crippen molar-refractivity contribution in [3.05, 3.63) is 135 Å². The van der Waals surface area contributed by atoms with E-state index >= 15 is 9.18 Å². The Balaban J connectivity index is 1.65. The number of halogens is 5. The van der Waals surface area contributed by atoms with Crippen molar-refractivity contribution >= 4 is 28.6 Å². The van der Waals surface area contributed by atoms with Gasteiger partial charge in [0.25, 0.3) is 0 Å². The van der Waals surface area contributed by atoms with Crippen LogP contribution in [0.3, 0.4) is 0 Å². The van der Waals surface area contributed by atoms with Crippen LogP contribution in [-0.2, 0) is 34.5 Å². The van der Waals surface area contributed by atoms with Crippen molar-refractivity contribution in [1.29, 1.82) is 0 Å². The molecule has 6 rings (SSSR count). The SMILES string of the molecule is [2H]c1c(C)c([2H])c2c(c1[2H])c(=O)c([2H])c(SC([2H])([2H])c1cccc(F)c1F)n2CC(=O)N(Cc1ccc(-c2ccc(C(F)(F)F)cc2)cc1)C1([2H])C([2H])([2H])C([2H])([2H])N(C([2H])([2H])C([2H])([2H])OC)C([2H])([2H])C1([2H])[2H]. The van der Waals surface area contributed by atoms with Gasteiger partial charge in [0.15, 0.2) is 17.1 Å². The molecule has 278 valence electrons. The number of thioether (sulfide) groups is 1. The van der Waals surface area contributed by atoms with Gasteiger partial charge in [-0.25, -0.2) is 8.78 Å². The normalized spacial score (nSPS) is 24.6. The second kappa shape index (κ2) is 16.7. The van der Waals surface area contributed by atoms with Gasteiger partial charge in [-0.2, -0.15) is 13.2 Å². The van der Waals surface area contributed by atoms with Crippen LogP contribution in [0.15, 0.2) is 101 Å². The fourth-order valence-electron chi connectivity index (χ4n) is 5.01. The van der Waals surface area contributed by atoms with Crippen LogP contribution in [0.2, 0.25) is 0 Å². The van der Waals surface area contributed by atoms with Crippen molar-refractivity contribution in [2.45, 2.75) is 55.7 Å². The highest BCUT2D eigenvalue weighted by Crippen LogP contribution is 2.32. The molecule has 0 N–H and O–H groups in total. The molecule has 0 atom stereocenters. The van der Waals surface area contributed by atoms with E-state index in [9.17, 15) is 29.2 Å².